The number of methoxy groups -OCH3 is 2. The van der Waals surface area contributed by atoms with Gasteiger partial charge in [0, 0.05) is 18.6 Å². The summed E-state index contributed by atoms with van der Waals surface area (Å²) in [6, 6.07) is 11.0. The fraction of sp³-hybridized carbons (Fsp3) is 0.278. The summed E-state index contributed by atoms with van der Waals surface area (Å²) in [5.41, 5.74) is 0.796. The third-order valence-electron chi connectivity index (χ3n) is 3.83. The molecule has 0 saturated carbocycles. The van der Waals surface area contributed by atoms with Crippen molar-refractivity contribution in [1.29, 1.82) is 0 Å². The Morgan fingerprint density at radius 1 is 1.07 bits per heavy atom. The maximum Gasteiger partial charge on any atom is 0.243 e. The number of amides is 1. The molecule has 0 aromatic heterocycles. The molecule has 1 amide bonds. The zero-order valence-electron chi connectivity index (χ0n) is 15.2. The molecule has 2 aromatic rings. The Hall–Kier alpha value is -2.29. The Labute approximate surface area is 163 Å². The van der Waals surface area contributed by atoms with Crippen LogP contribution in [0.5, 0.6) is 11.5 Å². The predicted octanol–water partition coefficient (Wildman–Crippen LogP) is 2.29. The lowest BCUT2D eigenvalue weighted by atomic mass is 10.2. The van der Waals surface area contributed by atoms with E-state index in [1.165, 1.54) is 45.5 Å². The second kappa shape index (κ2) is 9.07. The smallest absolute Gasteiger partial charge is 0.243 e. The fourth-order valence-electron chi connectivity index (χ4n) is 2.32. The number of carbonyl (C=O) groups excluding carboxylic acids is 1. The number of ether oxygens (including phenoxy) is 2. The Morgan fingerprint density at radius 3 is 2.30 bits per heavy atom. The van der Waals surface area contributed by atoms with Gasteiger partial charge in [-0.3, -0.25) is 4.79 Å². The van der Waals surface area contributed by atoms with Crippen molar-refractivity contribution < 1.29 is 22.7 Å². The molecule has 27 heavy (non-hydrogen) atoms. The van der Waals surface area contributed by atoms with Gasteiger partial charge >= 0.3 is 0 Å². The van der Waals surface area contributed by atoms with Gasteiger partial charge in [0.1, 0.15) is 0 Å². The Kier molecular flexibility index (Phi) is 7.06. The zero-order valence-corrected chi connectivity index (χ0v) is 16.8. The molecule has 0 heterocycles. The van der Waals surface area contributed by atoms with Crippen LogP contribution in [0.2, 0.25) is 5.02 Å². The van der Waals surface area contributed by atoms with Crippen molar-refractivity contribution in [2.45, 2.75) is 11.4 Å². The lowest BCUT2D eigenvalue weighted by Gasteiger charge is -2.17. The van der Waals surface area contributed by atoms with E-state index in [1.807, 2.05) is 0 Å². The molecule has 0 saturated heterocycles. The molecule has 2 rings (SSSR count). The second-order valence-corrected chi connectivity index (χ2v) is 8.16. The van der Waals surface area contributed by atoms with Gasteiger partial charge < -0.3 is 14.8 Å². The third kappa shape index (κ3) is 5.35. The number of sulfonamides is 1. The van der Waals surface area contributed by atoms with Crippen molar-refractivity contribution in [3.8, 4) is 11.5 Å². The van der Waals surface area contributed by atoms with Gasteiger partial charge in [-0.1, -0.05) is 17.7 Å². The van der Waals surface area contributed by atoms with E-state index in [2.05, 4.69) is 5.32 Å². The lowest BCUT2D eigenvalue weighted by molar-refractivity contribution is -0.121. The maximum absolute atomic E-state index is 12.5. The van der Waals surface area contributed by atoms with E-state index >= 15 is 0 Å². The van der Waals surface area contributed by atoms with E-state index in [1.54, 1.807) is 18.2 Å². The molecule has 7 nitrogen and oxygen atoms in total. The molecule has 0 aliphatic carbocycles. The summed E-state index contributed by atoms with van der Waals surface area (Å²) in [5.74, 6) is 0.706. The van der Waals surface area contributed by atoms with Crippen LogP contribution in [0.25, 0.3) is 0 Å². The maximum atomic E-state index is 12.5. The molecule has 9 heteroatoms. The Morgan fingerprint density at radius 2 is 1.70 bits per heavy atom. The molecule has 146 valence electrons. The molecule has 0 spiro atoms. The van der Waals surface area contributed by atoms with Crippen molar-refractivity contribution in [2.75, 3.05) is 27.8 Å². The van der Waals surface area contributed by atoms with E-state index in [0.29, 0.717) is 16.5 Å². The van der Waals surface area contributed by atoms with Crippen LogP contribution in [0.15, 0.2) is 47.4 Å². The van der Waals surface area contributed by atoms with Crippen LogP contribution < -0.4 is 14.8 Å². The topological polar surface area (TPSA) is 84.9 Å². The zero-order chi connectivity index (χ0) is 20.0. The van der Waals surface area contributed by atoms with Crippen LogP contribution in [0.3, 0.4) is 0 Å². The van der Waals surface area contributed by atoms with Gasteiger partial charge in [-0.05, 0) is 42.0 Å². The Bertz CT molecular complexity index is 900. The minimum absolute atomic E-state index is 0.0714. The highest BCUT2D eigenvalue weighted by Gasteiger charge is 2.22. The number of rotatable bonds is 8. The highest BCUT2D eigenvalue weighted by atomic mass is 35.5. The van der Waals surface area contributed by atoms with Gasteiger partial charge in [0.25, 0.3) is 0 Å². The minimum atomic E-state index is -3.78. The van der Waals surface area contributed by atoms with Gasteiger partial charge in [-0.2, -0.15) is 4.31 Å². The molecule has 1 N–H and O–H groups in total. The molecular formula is C18H21ClN2O5S. The first-order valence-electron chi connectivity index (χ1n) is 7.97. The number of nitrogens with one attached hydrogen (secondary N) is 1. The third-order valence-corrected chi connectivity index (χ3v) is 5.90. The van der Waals surface area contributed by atoms with E-state index in [0.717, 1.165) is 9.87 Å². The first kappa shape index (κ1) is 21.0. The molecular weight excluding hydrogens is 392 g/mol. The molecule has 0 unspecified atom stereocenters. The quantitative estimate of drug-likeness (QED) is 0.719. The number of carbonyl (C=O) groups is 1. The van der Waals surface area contributed by atoms with Gasteiger partial charge in [0.15, 0.2) is 11.5 Å². The summed E-state index contributed by atoms with van der Waals surface area (Å²) in [6.45, 7) is -0.0771. The molecule has 0 bridgehead atoms. The normalized spacial score (nSPS) is 11.3. The van der Waals surface area contributed by atoms with Gasteiger partial charge in [-0.15, -0.1) is 0 Å². The summed E-state index contributed by atoms with van der Waals surface area (Å²) in [6.07, 6.45) is 0. The molecule has 0 atom stereocenters. The number of benzene rings is 2. The highest BCUT2D eigenvalue weighted by Crippen LogP contribution is 2.27. The second-order valence-electron chi connectivity index (χ2n) is 5.68. The monoisotopic (exact) mass is 412 g/mol. The fourth-order valence-corrected chi connectivity index (χ4v) is 3.57. The van der Waals surface area contributed by atoms with E-state index in [9.17, 15) is 13.2 Å². The van der Waals surface area contributed by atoms with E-state index in [4.69, 9.17) is 21.1 Å². The SMILES string of the molecule is COc1ccc(CNC(=O)CN(C)S(=O)(=O)c2ccc(Cl)cc2)cc1OC. The number of hydrogen-bond acceptors (Lipinski definition) is 5. The number of hydrogen-bond donors (Lipinski definition) is 1. The molecule has 0 aliphatic heterocycles. The first-order chi connectivity index (χ1) is 12.8. The summed E-state index contributed by atoms with van der Waals surface area (Å²) in [7, 11) is 0.634. The van der Waals surface area contributed by atoms with Gasteiger partial charge in [-0.25, -0.2) is 8.42 Å². The van der Waals surface area contributed by atoms with Crippen molar-refractivity contribution in [2.24, 2.45) is 0 Å². The van der Waals surface area contributed by atoms with Crippen molar-refractivity contribution >= 4 is 27.5 Å². The average molecular weight is 413 g/mol. The van der Waals surface area contributed by atoms with Crippen LogP contribution >= 0.6 is 11.6 Å². The molecule has 0 radical (unpaired) electrons. The number of likely N-dealkylation sites (N-methyl/N-ethyl adjacent to an activating group) is 1. The van der Waals surface area contributed by atoms with Crippen LogP contribution in [0.4, 0.5) is 0 Å². The van der Waals surface area contributed by atoms with Crippen molar-refractivity contribution in [1.82, 2.24) is 9.62 Å². The van der Waals surface area contributed by atoms with Crippen LogP contribution in [-0.4, -0.2) is 46.4 Å². The highest BCUT2D eigenvalue weighted by molar-refractivity contribution is 7.89. The number of halogens is 1. The molecule has 2 aromatic carbocycles. The van der Waals surface area contributed by atoms with E-state index in [-0.39, 0.29) is 18.0 Å². The van der Waals surface area contributed by atoms with Crippen LogP contribution in [-0.2, 0) is 21.4 Å². The molecule has 0 fully saturated rings. The summed E-state index contributed by atoms with van der Waals surface area (Å²) < 4.78 is 36.3. The van der Waals surface area contributed by atoms with Crippen molar-refractivity contribution in [3.63, 3.8) is 0 Å². The van der Waals surface area contributed by atoms with Crippen LogP contribution in [0.1, 0.15) is 5.56 Å². The largest absolute Gasteiger partial charge is 0.493 e. The van der Waals surface area contributed by atoms with Gasteiger partial charge in [0.05, 0.1) is 25.7 Å². The first-order valence-corrected chi connectivity index (χ1v) is 9.79. The molecule has 0 aliphatic rings. The standard InChI is InChI=1S/C18H21ClN2O5S/c1-21(27(23,24)15-7-5-14(19)6-8-15)12-18(22)20-11-13-4-9-16(25-2)17(10-13)26-3/h4-10H,11-12H2,1-3H3,(H,20,22). The summed E-state index contributed by atoms with van der Waals surface area (Å²) in [4.78, 5) is 12.2. The number of nitrogens with zero attached hydrogens (tertiary/aromatic N) is 1. The average Bonchev–Trinajstić information content (AvgIpc) is 2.66. The minimum Gasteiger partial charge on any atom is -0.493 e. The summed E-state index contributed by atoms with van der Waals surface area (Å²) in [5, 5.41) is 3.12. The predicted molar refractivity (Wildman–Crippen MR) is 103 cm³/mol. The Balaban J connectivity index is 1.98. The van der Waals surface area contributed by atoms with Crippen LogP contribution in [0, 0.1) is 0 Å². The van der Waals surface area contributed by atoms with Crippen molar-refractivity contribution in [3.05, 3.63) is 53.1 Å². The van der Waals surface area contributed by atoms with Gasteiger partial charge in [0.2, 0.25) is 15.9 Å². The van der Waals surface area contributed by atoms with E-state index < -0.39 is 15.9 Å². The lowest BCUT2D eigenvalue weighted by Crippen LogP contribution is -2.38. The summed E-state index contributed by atoms with van der Waals surface area (Å²) >= 11 is 5.78.